The molecule has 0 aliphatic rings. The first-order valence-corrected chi connectivity index (χ1v) is 4.20. The normalized spacial score (nSPS) is 9.70. The van der Waals surface area contributed by atoms with Gasteiger partial charge in [0.2, 0.25) is 0 Å². The summed E-state index contributed by atoms with van der Waals surface area (Å²) in [4.78, 5) is 5.19. The molecule has 1 rings (SSSR count). The number of thioether (sulfide) groups is 1. The smallest absolute Gasteiger partial charge is 0.0278 e. The van der Waals surface area contributed by atoms with Crippen LogP contribution in [0.2, 0.25) is 0 Å². The number of nitrogens with zero attached hydrogens (tertiary/aromatic N) is 1. The third-order valence-corrected chi connectivity index (χ3v) is 2.08. The van der Waals surface area contributed by atoms with E-state index in [1.165, 1.54) is 4.90 Å². The number of pyridine rings is 1. The van der Waals surface area contributed by atoms with Crippen LogP contribution in [-0.2, 0) is 0 Å². The van der Waals surface area contributed by atoms with Gasteiger partial charge in [-0.2, -0.15) is 0 Å². The van der Waals surface area contributed by atoms with Crippen LogP contribution in [0, 0.1) is 5.75 Å². The largest absolute Gasteiger partial charge is 0.265 e. The summed E-state index contributed by atoms with van der Waals surface area (Å²) >= 11 is 1.76. The summed E-state index contributed by atoms with van der Waals surface area (Å²) in [6.45, 7) is 2.13. The molecule has 0 aliphatic heterocycles. The predicted octanol–water partition coefficient (Wildman–Crippen LogP) is 2.75. The van der Waals surface area contributed by atoms with Gasteiger partial charge in [-0.15, -0.1) is 11.8 Å². The maximum absolute atomic E-state index is 3.93. The summed E-state index contributed by atoms with van der Waals surface area (Å²) in [7, 11) is 0. The van der Waals surface area contributed by atoms with Crippen LogP contribution in [0.4, 0.5) is 0 Å². The van der Waals surface area contributed by atoms with Gasteiger partial charge in [-0.05, 0) is 18.6 Å². The van der Waals surface area contributed by atoms with Crippen molar-refractivity contribution >= 4 is 11.8 Å². The van der Waals surface area contributed by atoms with Crippen molar-refractivity contribution in [3.05, 3.63) is 30.3 Å². The third kappa shape index (κ3) is 2.40. The highest BCUT2D eigenvalue weighted by molar-refractivity contribution is 8.01. The fourth-order valence-electron chi connectivity index (χ4n) is 0.596. The first-order chi connectivity index (χ1) is 4.93. The lowest BCUT2D eigenvalue weighted by molar-refractivity contribution is 1.19. The Morgan fingerprint density at radius 2 is 2.20 bits per heavy atom. The van der Waals surface area contributed by atoms with E-state index in [0.29, 0.717) is 0 Å². The fourth-order valence-corrected chi connectivity index (χ4v) is 1.23. The van der Waals surface area contributed by atoms with Gasteiger partial charge in [0.25, 0.3) is 0 Å². The van der Waals surface area contributed by atoms with Crippen LogP contribution in [-0.4, -0.2) is 4.98 Å². The maximum Gasteiger partial charge on any atom is 0.0278 e. The Balaban J connectivity index is 2.43. The Kier molecular flexibility index (Phi) is 3.30. The van der Waals surface area contributed by atoms with E-state index in [4.69, 9.17) is 0 Å². The van der Waals surface area contributed by atoms with Crippen molar-refractivity contribution in [2.45, 2.75) is 18.2 Å². The second-order valence-corrected chi connectivity index (χ2v) is 2.92. The summed E-state index contributed by atoms with van der Waals surface area (Å²) in [6.07, 6.45) is 4.73. The molecule has 0 atom stereocenters. The molecule has 1 aromatic rings. The molecule has 0 spiro atoms. The summed E-state index contributed by atoms with van der Waals surface area (Å²) in [5.41, 5.74) is 0. The number of aromatic nitrogens is 1. The molecule has 0 bridgehead atoms. The van der Waals surface area contributed by atoms with E-state index in [1.54, 1.807) is 11.8 Å². The van der Waals surface area contributed by atoms with E-state index < -0.39 is 0 Å². The van der Waals surface area contributed by atoms with Crippen molar-refractivity contribution in [1.29, 1.82) is 0 Å². The molecule has 0 aromatic carbocycles. The van der Waals surface area contributed by atoms with Gasteiger partial charge >= 0.3 is 0 Å². The zero-order valence-corrected chi connectivity index (χ0v) is 6.77. The van der Waals surface area contributed by atoms with E-state index >= 15 is 0 Å². The molecule has 0 aliphatic carbocycles. The Bertz CT molecular complexity index is 174. The lowest BCUT2D eigenvalue weighted by atomic mass is 10.5. The predicted molar refractivity (Wildman–Crippen MR) is 44.7 cm³/mol. The zero-order chi connectivity index (χ0) is 7.23. The van der Waals surface area contributed by atoms with Crippen molar-refractivity contribution < 1.29 is 0 Å². The topological polar surface area (TPSA) is 12.9 Å². The molecule has 53 valence electrons. The molecular weight excluding hydrogens is 142 g/mol. The quantitative estimate of drug-likeness (QED) is 0.618. The lowest BCUT2D eigenvalue weighted by Crippen LogP contribution is -1.71. The summed E-state index contributed by atoms with van der Waals surface area (Å²) in [5, 5.41) is 0. The minimum Gasteiger partial charge on any atom is -0.265 e. The van der Waals surface area contributed by atoms with Gasteiger partial charge in [-0.25, -0.2) is 0 Å². The maximum atomic E-state index is 3.93. The van der Waals surface area contributed by atoms with Crippen LogP contribution in [0.25, 0.3) is 0 Å². The second-order valence-electron chi connectivity index (χ2n) is 1.88. The first-order valence-electron chi connectivity index (χ1n) is 3.32. The van der Waals surface area contributed by atoms with Crippen LogP contribution >= 0.6 is 11.8 Å². The number of hydrogen-bond donors (Lipinski definition) is 0. The number of rotatable bonds is 3. The van der Waals surface area contributed by atoms with E-state index in [0.717, 1.165) is 6.42 Å². The molecule has 0 unspecified atom stereocenters. The molecule has 1 aromatic heterocycles. The molecule has 1 heterocycles. The molecular formula is C8H10NS. The Morgan fingerprint density at radius 3 is 2.80 bits per heavy atom. The van der Waals surface area contributed by atoms with Crippen molar-refractivity contribution in [2.75, 3.05) is 0 Å². The van der Waals surface area contributed by atoms with Crippen LogP contribution in [0.3, 0.4) is 0 Å². The molecule has 0 fully saturated rings. The standard InChI is InChI=1S/C8H10NS/c1-2-7-10-8-3-5-9-6-4-8/h3-7H,2H2,1H3. The van der Waals surface area contributed by atoms with E-state index in [9.17, 15) is 0 Å². The van der Waals surface area contributed by atoms with Gasteiger partial charge in [0.1, 0.15) is 0 Å². The fraction of sp³-hybridized carbons (Fsp3) is 0.250. The van der Waals surface area contributed by atoms with Gasteiger partial charge in [0.05, 0.1) is 0 Å². The van der Waals surface area contributed by atoms with Crippen molar-refractivity contribution in [1.82, 2.24) is 4.98 Å². The highest BCUT2D eigenvalue weighted by Gasteiger charge is 1.88. The number of hydrogen-bond acceptors (Lipinski definition) is 2. The van der Waals surface area contributed by atoms with Crippen LogP contribution < -0.4 is 0 Å². The van der Waals surface area contributed by atoms with Crippen molar-refractivity contribution in [2.24, 2.45) is 0 Å². The minimum atomic E-state index is 1.10. The lowest BCUT2D eigenvalue weighted by Gasteiger charge is -1.95. The zero-order valence-electron chi connectivity index (χ0n) is 5.95. The summed E-state index contributed by atoms with van der Waals surface area (Å²) in [5.74, 6) is 2.18. The molecule has 0 saturated carbocycles. The van der Waals surface area contributed by atoms with Gasteiger partial charge in [-0.3, -0.25) is 4.98 Å². The molecule has 0 N–H and O–H groups in total. The van der Waals surface area contributed by atoms with Gasteiger partial charge < -0.3 is 0 Å². The van der Waals surface area contributed by atoms with Crippen LogP contribution in [0.5, 0.6) is 0 Å². The van der Waals surface area contributed by atoms with Crippen molar-refractivity contribution in [3.8, 4) is 0 Å². The average Bonchev–Trinajstić information content (AvgIpc) is 2.03. The van der Waals surface area contributed by atoms with E-state index in [2.05, 4.69) is 17.7 Å². The molecule has 0 amide bonds. The molecule has 1 nitrogen and oxygen atoms in total. The van der Waals surface area contributed by atoms with Gasteiger partial charge in [0, 0.05) is 23.0 Å². The highest BCUT2D eigenvalue weighted by Crippen LogP contribution is 2.19. The molecule has 1 radical (unpaired) electrons. The second kappa shape index (κ2) is 4.34. The monoisotopic (exact) mass is 152 g/mol. The van der Waals surface area contributed by atoms with Gasteiger partial charge in [0.15, 0.2) is 0 Å². The van der Waals surface area contributed by atoms with Crippen LogP contribution in [0.15, 0.2) is 29.4 Å². The highest BCUT2D eigenvalue weighted by atomic mass is 32.2. The van der Waals surface area contributed by atoms with Crippen LogP contribution in [0.1, 0.15) is 13.3 Å². The van der Waals surface area contributed by atoms with Gasteiger partial charge in [-0.1, -0.05) is 6.92 Å². The summed E-state index contributed by atoms with van der Waals surface area (Å²) < 4.78 is 0. The Labute approximate surface area is 65.9 Å². The van der Waals surface area contributed by atoms with E-state index in [-0.39, 0.29) is 0 Å². The Morgan fingerprint density at radius 1 is 1.50 bits per heavy atom. The molecule has 10 heavy (non-hydrogen) atoms. The molecule has 0 saturated heterocycles. The van der Waals surface area contributed by atoms with Crippen molar-refractivity contribution in [3.63, 3.8) is 0 Å². The Hall–Kier alpha value is -0.500. The molecule has 2 heteroatoms. The minimum absolute atomic E-state index is 1.10. The summed E-state index contributed by atoms with van der Waals surface area (Å²) in [6, 6.07) is 4.02. The van der Waals surface area contributed by atoms with E-state index in [1.807, 2.05) is 24.5 Å². The average molecular weight is 152 g/mol. The third-order valence-electron chi connectivity index (χ3n) is 1.04. The first kappa shape index (κ1) is 7.61. The SMILES string of the molecule is CC[CH]Sc1ccncc1.